The highest BCUT2D eigenvalue weighted by Gasteiger charge is 2.27. The van der Waals surface area contributed by atoms with Gasteiger partial charge in [0.25, 0.3) is 0 Å². The van der Waals surface area contributed by atoms with Crippen molar-refractivity contribution in [2.45, 2.75) is 45.3 Å². The number of nitrogen functional groups attached to an aromatic ring is 1. The van der Waals surface area contributed by atoms with E-state index in [1.54, 1.807) is 0 Å². The SMILES string of the molecule is CCCCOc1nc(N)c2c(n1)N(Cc1ccc(N3CCC(O)CC3)nc1)CC(=O)N2. The fourth-order valence-electron chi connectivity index (χ4n) is 3.74. The Hall–Kier alpha value is -3.14. The van der Waals surface area contributed by atoms with Crippen molar-refractivity contribution in [1.82, 2.24) is 15.0 Å². The number of aliphatic hydroxyl groups is 1. The Kier molecular flexibility index (Phi) is 6.36. The number of hydrogen-bond acceptors (Lipinski definition) is 9. The number of carbonyl (C=O) groups is 1. The summed E-state index contributed by atoms with van der Waals surface area (Å²) >= 11 is 0. The number of pyridine rings is 1. The Balaban J connectivity index is 1.50. The van der Waals surface area contributed by atoms with Crippen LogP contribution < -0.4 is 25.6 Å². The van der Waals surface area contributed by atoms with Gasteiger partial charge in [0.05, 0.1) is 19.3 Å². The van der Waals surface area contributed by atoms with Gasteiger partial charge in [-0.1, -0.05) is 19.4 Å². The van der Waals surface area contributed by atoms with Crippen molar-refractivity contribution in [2.75, 3.05) is 47.1 Å². The molecule has 4 rings (SSSR count). The molecular weight excluding hydrogens is 398 g/mol. The van der Waals surface area contributed by atoms with Crippen molar-refractivity contribution < 1.29 is 14.6 Å². The maximum absolute atomic E-state index is 12.2. The van der Waals surface area contributed by atoms with E-state index in [-0.39, 0.29) is 30.4 Å². The van der Waals surface area contributed by atoms with E-state index >= 15 is 0 Å². The predicted molar refractivity (Wildman–Crippen MR) is 118 cm³/mol. The number of ether oxygens (including phenoxy) is 1. The maximum atomic E-state index is 12.2. The number of rotatable bonds is 7. The van der Waals surface area contributed by atoms with E-state index in [0.717, 1.165) is 50.2 Å². The molecule has 0 aliphatic carbocycles. The molecule has 0 saturated carbocycles. The van der Waals surface area contributed by atoms with E-state index in [1.807, 2.05) is 23.2 Å². The molecule has 1 amide bonds. The van der Waals surface area contributed by atoms with Crippen LogP contribution in [-0.2, 0) is 11.3 Å². The lowest BCUT2D eigenvalue weighted by atomic mass is 10.1. The number of nitrogens with two attached hydrogens (primary N) is 1. The van der Waals surface area contributed by atoms with Gasteiger partial charge in [-0.25, -0.2) is 4.98 Å². The van der Waals surface area contributed by atoms with Crippen LogP contribution in [0.2, 0.25) is 0 Å². The van der Waals surface area contributed by atoms with Crippen molar-refractivity contribution in [3.05, 3.63) is 23.9 Å². The largest absolute Gasteiger partial charge is 0.463 e. The maximum Gasteiger partial charge on any atom is 0.320 e. The molecule has 0 spiro atoms. The number of hydrogen-bond donors (Lipinski definition) is 3. The summed E-state index contributed by atoms with van der Waals surface area (Å²) in [4.78, 5) is 29.5. The van der Waals surface area contributed by atoms with Crippen molar-refractivity contribution in [2.24, 2.45) is 0 Å². The summed E-state index contributed by atoms with van der Waals surface area (Å²) in [6, 6.07) is 4.19. The van der Waals surface area contributed by atoms with Crippen LogP contribution in [0.3, 0.4) is 0 Å². The number of nitrogens with one attached hydrogen (secondary N) is 1. The highest BCUT2D eigenvalue weighted by atomic mass is 16.5. The standard InChI is InChI=1S/C21H29N7O3/c1-2-3-10-31-21-25-19(22)18-20(26-21)28(13-17(30)24-18)12-14-4-5-16(23-11-14)27-8-6-15(29)7-9-27/h4-5,11,15,29H,2-3,6-10,12-13H2,1H3,(H,24,30)(H2,22,25,26). The Labute approximate surface area is 181 Å². The van der Waals surface area contributed by atoms with Crippen molar-refractivity contribution in [3.8, 4) is 6.01 Å². The molecule has 0 radical (unpaired) electrons. The third-order valence-corrected chi connectivity index (χ3v) is 5.50. The number of anilines is 4. The third kappa shape index (κ3) is 4.96. The summed E-state index contributed by atoms with van der Waals surface area (Å²) in [6.45, 7) is 4.80. The van der Waals surface area contributed by atoms with Crippen LogP contribution in [0.1, 0.15) is 38.2 Å². The smallest absolute Gasteiger partial charge is 0.320 e. The van der Waals surface area contributed by atoms with Crippen molar-refractivity contribution >= 4 is 29.0 Å². The monoisotopic (exact) mass is 427 g/mol. The molecule has 4 heterocycles. The summed E-state index contributed by atoms with van der Waals surface area (Å²) in [5, 5.41) is 12.5. The zero-order valence-corrected chi connectivity index (χ0v) is 17.8. The average Bonchev–Trinajstić information content (AvgIpc) is 2.76. The van der Waals surface area contributed by atoms with E-state index in [9.17, 15) is 9.90 Å². The molecule has 1 fully saturated rings. The molecule has 2 aromatic heterocycles. The lowest BCUT2D eigenvalue weighted by Crippen LogP contribution is -2.39. The lowest BCUT2D eigenvalue weighted by molar-refractivity contribution is -0.115. The normalized spacial score (nSPS) is 16.8. The molecule has 2 aliphatic heterocycles. The second-order valence-electron chi connectivity index (χ2n) is 7.94. The second-order valence-corrected chi connectivity index (χ2v) is 7.94. The molecule has 4 N–H and O–H groups in total. The number of aromatic nitrogens is 3. The Morgan fingerprint density at radius 2 is 2.10 bits per heavy atom. The zero-order chi connectivity index (χ0) is 21.8. The van der Waals surface area contributed by atoms with E-state index < -0.39 is 0 Å². The van der Waals surface area contributed by atoms with Crippen LogP contribution >= 0.6 is 0 Å². The van der Waals surface area contributed by atoms with Gasteiger partial charge in [-0.05, 0) is 30.9 Å². The minimum absolute atomic E-state index is 0.156. The van der Waals surface area contributed by atoms with Gasteiger partial charge in [0.15, 0.2) is 11.6 Å². The molecule has 31 heavy (non-hydrogen) atoms. The van der Waals surface area contributed by atoms with Gasteiger partial charge in [-0.2, -0.15) is 9.97 Å². The summed E-state index contributed by atoms with van der Waals surface area (Å²) in [5.41, 5.74) is 7.43. The molecule has 166 valence electrons. The minimum Gasteiger partial charge on any atom is -0.463 e. The van der Waals surface area contributed by atoms with Gasteiger partial charge in [0, 0.05) is 25.8 Å². The summed E-state index contributed by atoms with van der Waals surface area (Å²) in [6.07, 6.45) is 5.01. The van der Waals surface area contributed by atoms with Crippen LogP contribution in [0.25, 0.3) is 0 Å². The van der Waals surface area contributed by atoms with E-state index in [2.05, 4.69) is 32.1 Å². The van der Waals surface area contributed by atoms with Gasteiger partial charge in [-0.3, -0.25) is 4.79 Å². The second kappa shape index (κ2) is 9.34. The summed E-state index contributed by atoms with van der Waals surface area (Å²) in [5.74, 6) is 1.47. The van der Waals surface area contributed by atoms with Crippen LogP contribution in [0.5, 0.6) is 6.01 Å². The van der Waals surface area contributed by atoms with E-state index in [4.69, 9.17) is 10.5 Å². The van der Waals surface area contributed by atoms with Crippen molar-refractivity contribution in [3.63, 3.8) is 0 Å². The first-order valence-corrected chi connectivity index (χ1v) is 10.8. The Morgan fingerprint density at radius 1 is 1.29 bits per heavy atom. The first kappa shape index (κ1) is 21.1. The first-order valence-electron chi connectivity index (χ1n) is 10.8. The molecule has 0 aromatic carbocycles. The fraction of sp³-hybridized carbons (Fsp3) is 0.524. The third-order valence-electron chi connectivity index (χ3n) is 5.50. The molecule has 2 aliphatic rings. The van der Waals surface area contributed by atoms with Gasteiger partial charge >= 0.3 is 6.01 Å². The van der Waals surface area contributed by atoms with E-state index in [1.165, 1.54) is 0 Å². The molecule has 10 nitrogen and oxygen atoms in total. The molecule has 0 bridgehead atoms. The Morgan fingerprint density at radius 3 is 2.81 bits per heavy atom. The quantitative estimate of drug-likeness (QED) is 0.563. The van der Waals surface area contributed by atoms with Crippen LogP contribution in [0, 0.1) is 0 Å². The van der Waals surface area contributed by atoms with Crippen LogP contribution in [0.15, 0.2) is 18.3 Å². The topological polar surface area (TPSA) is 130 Å². The summed E-state index contributed by atoms with van der Waals surface area (Å²) in [7, 11) is 0. The number of amides is 1. The number of piperidine rings is 1. The number of carbonyl (C=O) groups excluding carboxylic acids is 1. The number of unbranched alkanes of at least 4 members (excludes halogenated alkanes) is 1. The molecule has 0 atom stereocenters. The molecule has 1 saturated heterocycles. The average molecular weight is 428 g/mol. The van der Waals surface area contributed by atoms with Crippen molar-refractivity contribution in [1.29, 1.82) is 0 Å². The van der Waals surface area contributed by atoms with Gasteiger partial charge in [0.2, 0.25) is 5.91 Å². The van der Waals surface area contributed by atoms with Crippen LogP contribution in [0.4, 0.5) is 23.1 Å². The minimum atomic E-state index is -0.217. The number of aliphatic hydroxyl groups excluding tert-OH is 1. The van der Waals surface area contributed by atoms with Gasteiger partial charge < -0.3 is 30.7 Å². The molecule has 2 aromatic rings. The zero-order valence-electron chi connectivity index (χ0n) is 17.8. The predicted octanol–water partition coefficient (Wildman–Crippen LogP) is 1.55. The highest BCUT2D eigenvalue weighted by Crippen LogP contribution is 2.34. The van der Waals surface area contributed by atoms with Crippen LogP contribution in [-0.4, -0.2) is 58.3 Å². The van der Waals surface area contributed by atoms with Gasteiger partial charge in [0.1, 0.15) is 11.5 Å². The number of fused-ring (bicyclic) bond motifs is 1. The first-order chi connectivity index (χ1) is 15.0. The molecular formula is C21H29N7O3. The summed E-state index contributed by atoms with van der Waals surface area (Å²) < 4.78 is 5.63. The van der Waals surface area contributed by atoms with E-state index in [0.29, 0.717) is 24.7 Å². The number of nitrogens with zero attached hydrogens (tertiary/aromatic N) is 5. The molecule has 0 unspecified atom stereocenters. The lowest BCUT2D eigenvalue weighted by Gasteiger charge is -2.31. The highest BCUT2D eigenvalue weighted by molar-refractivity contribution is 6.03. The fourth-order valence-corrected chi connectivity index (χ4v) is 3.74. The Bertz CT molecular complexity index is 914. The van der Waals surface area contributed by atoms with Gasteiger partial charge in [-0.15, -0.1) is 0 Å². The molecule has 10 heteroatoms.